The molecule has 0 bridgehead atoms. The van der Waals surface area contributed by atoms with Gasteiger partial charge in [-0.3, -0.25) is 4.79 Å². The molecule has 100 valence electrons. The second-order valence-electron chi connectivity index (χ2n) is 4.30. The van der Waals surface area contributed by atoms with Crippen molar-refractivity contribution in [2.45, 2.75) is 19.3 Å². The van der Waals surface area contributed by atoms with E-state index in [1.54, 1.807) is 18.2 Å². The van der Waals surface area contributed by atoms with E-state index in [2.05, 4.69) is 32.6 Å². The molecule has 0 amide bonds. The van der Waals surface area contributed by atoms with Gasteiger partial charge in [-0.2, -0.15) is 0 Å². The molecule has 0 heterocycles. The molecule has 1 aliphatic rings. The number of halogens is 1. The average molecular weight is 371 g/mol. The summed E-state index contributed by atoms with van der Waals surface area (Å²) in [6.07, 6.45) is 4.05. The second kappa shape index (κ2) is 6.18. The van der Waals surface area contributed by atoms with Crippen molar-refractivity contribution in [2.75, 3.05) is 12.4 Å². The number of hydrogen-bond donors (Lipinski definition) is 1. The topological polar surface area (TPSA) is 55.4 Å². The van der Waals surface area contributed by atoms with Crippen molar-refractivity contribution in [2.24, 2.45) is 0 Å². The number of esters is 1. The molecular formula is C14H14INO3. The van der Waals surface area contributed by atoms with Crippen LogP contribution in [0.5, 0.6) is 0 Å². The number of benzene rings is 1. The normalized spacial score (nSPS) is 14.8. The number of carbonyl (C=O) groups excluding carboxylic acids is 2. The predicted molar refractivity (Wildman–Crippen MR) is 81.1 cm³/mol. The molecule has 0 saturated carbocycles. The van der Waals surface area contributed by atoms with Gasteiger partial charge in [0.1, 0.15) is 0 Å². The van der Waals surface area contributed by atoms with Gasteiger partial charge in [-0.15, -0.1) is 0 Å². The average Bonchev–Trinajstić information content (AvgIpc) is 2.40. The zero-order chi connectivity index (χ0) is 13.8. The molecular weight excluding hydrogens is 357 g/mol. The molecule has 0 saturated heterocycles. The number of methoxy groups -OCH3 is 1. The molecule has 1 aliphatic carbocycles. The van der Waals surface area contributed by atoms with Gasteiger partial charge < -0.3 is 10.1 Å². The number of hydrogen-bond acceptors (Lipinski definition) is 4. The summed E-state index contributed by atoms with van der Waals surface area (Å²) >= 11 is 2.15. The molecule has 2 rings (SSSR count). The van der Waals surface area contributed by atoms with Crippen molar-refractivity contribution in [1.29, 1.82) is 0 Å². The predicted octanol–water partition coefficient (Wildman–Crippen LogP) is 3.13. The molecule has 1 aromatic rings. The van der Waals surface area contributed by atoms with E-state index < -0.39 is 0 Å². The highest BCUT2D eigenvalue weighted by molar-refractivity contribution is 14.1. The van der Waals surface area contributed by atoms with Gasteiger partial charge in [0, 0.05) is 21.8 Å². The van der Waals surface area contributed by atoms with Crippen molar-refractivity contribution in [3.63, 3.8) is 0 Å². The monoisotopic (exact) mass is 371 g/mol. The number of anilines is 1. The zero-order valence-electron chi connectivity index (χ0n) is 10.5. The van der Waals surface area contributed by atoms with E-state index in [0.29, 0.717) is 12.0 Å². The van der Waals surface area contributed by atoms with Crippen molar-refractivity contribution >= 4 is 40.0 Å². The van der Waals surface area contributed by atoms with E-state index in [9.17, 15) is 9.59 Å². The van der Waals surface area contributed by atoms with Gasteiger partial charge in [0.25, 0.3) is 0 Å². The van der Waals surface area contributed by atoms with Crippen LogP contribution in [0.3, 0.4) is 0 Å². The standard InChI is InChI=1S/C14H14INO3/c1-19-14(18)9-5-6-13(12(15)7-9)16-10-3-2-4-11(17)8-10/h5-8,16H,2-4H2,1H3. The quantitative estimate of drug-likeness (QED) is 0.655. The first kappa shape index (κ1) is 14.0. The summed E-state index contributed by atoms with van der Waals surface area (Å²) in [5, 5.41) is 3.24. The van der Waals surface area contributed by atoms with E-state index in [0.717, 1.165) is 27.8 Å². The molecule has 0 aromatic heterocycles. The number of ether oxygens (including phenoxy) is 1. The molecule has 0 spiro atoms. The smallest absolute Gasteiger partial charge is 0.337 e. The van der Waals surface area contributed by atoms with Crippen LogP contribution in [-0.4, -0.2) is 18.9 Å². The van der Waals surface area contributed by atoms with E-state index in [1.807, 2.05) is 6.07 Å². The Morgan fingerprint density at radius 2 is 2.16 bits per heavy atom. The number of rotatable bonds is 3. The molecule has 5 heteroatoms. The van der Waals surface area contributed by atoms with Gasteiger partial charge in [0.2, 0.25) is 0 Å². The number of allylic oxidation sites excluding steroid dienone is 2. The summed E-state index contributed by atoms with van der Waals surface area (Å²) < 4.78 is 5.59. The van der Waals surface area contributed by atoms with E-state index >= 15 is 0 Å². The fourth-order valence-electron chi connectivity index (χ4n) is 1.92. The molecule has 1 aromatic carbocycles. The molecule has 0 aliphatic heterocycles. The Bertz CT molecular complexity index is 552. The Labute approximate surface area is 125 Å². The van der Waals surface area contributed by atoms with Gasteiger partial charge in [-0.25, -0.2) is 4.79 Å². The van der Waals surface area contributed by atoms with Crippen molar-refractivity contribution in [3.05, 3.63) is 39.1 Å². The Morgan fingerprint density at radius 1 is 1.37 bits per heavy atom. The highest BCUT2D eigenvalue weighted by Crippen LogP contribution is 2.24. The maximum atomic E-state index is 11.4. The SMILES string of the molecule is COC(=O)c1ccc(NC2=CC(=O)CCC2)c(I)c1. The third-order valence-corrected chi connectivity index (χ3v) is 3.78. The summed E-state index contributed by atoms with van der Waals surface area (Å²) in [4.78, 5) is 22.8. The Balaban J connectivity index is 2.17. The molecule has 0 radical (unpaired) electrons. The lowest BCUT2D eigenvalue weighted by atomic mass is 10.0. The van der Waals surface area contributed by atoms with Gasteiger partial charge in [0.05, 0.1) is 18.4 Å². The Morgan fingerprint density at radius 3 is 2.79 bits per heavy atom. The van der Waals surface area contributed by atoms with Gasteiger partial charge >= 0.3 is 5.97 Å². The first-order valence-corrected chi connectivity index (χ1v) is 7.06. The largest absolute Gasteiger partial charge is 0.465 e. The van der Waals surface area contributed by atoms with Crippen LogP contribution in [0, 0.1) is 3.57 Å². The minimum Gasteiger partial charge on any atom is -0.465 e. The highest BCUT2D eigenvalue weighted by Gasteiger charge is 2.12. The van der Waals surface area contributed by atoms with Crippen LogP contribution in [0.1, 0.15) is 29.6 Å². The zero-order valence-corrected chi connectivity index (χ0v) is 12.7. The lowest BCUT2D eigenvalue weighted by Crippen LogP contribution is -2.10. The first-order valence-electron chi connectivity index (χ1n) is 5.98. The Kier molecular flexibility index (Phi) is 4.57. The lowest BCUT2D eigenvalue weighted by molar-refractivity contribution is -0.115. The molecule has 0 fully saturated rings. The highest BCUT2D eigenvalue weighted by atomic mass is 127. The third-order valence-electron chi connectivity index (χ3n) is 2.89. The summed E-state index contributed by atoms with van der Waals surface area (Å²) in [5.74, 6) is -0.188. The van der Waals surface area contributed by atoms with Crippen LogP contribution >= 0.6 is 22.6 Å². The number of nitrogens with one attached hydrogen (secondary N) is 1. The number of carbonyl (C=O) groups is 2. The summed E-state index contributed by atoms with van der Waals surface area (Å²) in [5.41, 5.74) is 2.35. The van der Waals surface area contributed by atoms with Gasteiger partial charge in [0.15, 0.2) is 5.78 Å². The van der Waals surface area contributed by atoms with Crippen molar-refractivity contribution in [1.82, 2.24) is 0 Å². The van der Waals surface area contributed by atoms with Crippen LogP contribution < -0.4 is 5.32 Å². The van der Waals surface area contributed by atoms with Crippen LogP contribution in [0.25, 0.3) is 0 Å². The fourth-order valence-corrected chi connectivity index (χ4v) is 2.57. The Hall–Kier alpha value is -1.37. The minimum absolute atomic E-state index is 0.162. The van der Waals surface area contributed by atoms with Crippen molar-refractivity contribution in [3.8, 4) is 0 Å². The third kappa shape index (κ3) is 3.56. The maximum Gasteiger partial charge on any atom is 0.337 e. The van der Waals surface area contributed by atoms with E-state index in [4.69, 9.17) is 0 Å². The summed E-state index contributed by atoms with van der Waals surface area (Å²) in [6.45, 7) is 0. The second-order valence-corrected chi connectivity index (χ2v) is 5.46. The van der Waals surface area contributed by atoms with E-state index in [1.165, 1.54) is 7.11 Å². The lowest BCUT2D eigenvalue weighted by Gasteiger charge is -2.15. The van der Waals surface area contributed by atoms with Crippen LogP contribution in [0.2, 0.25) is 0 Å². The molecule has 4 nitrogen and oxygen atoms in total. The van der Waals surface area contributed by atoms with Crippen LogP contribution in [0.15, 0.2) is 30.0 Å². The summed E-state index contributed by atoms with van der Waals surface area (Å²) in [7, 11) is 1.36. The van der Waals surface area contributed by atoms with Crippen LogP contribution in [0.4, 0.5) is 5.69 Å². The minimum atomic E-state index is -0.350. The fraction of sp³-hybridized carbons (Fsp3) is 0.286. The molecule has 0 unspecified atom stereocenters. The molecule has 1 N–H and O–H groups in total. The van der Waals surface area contributed by atoms with Crippen LogP contribution in [-0.2, 0) is 9.53 Å². The maximum absolute atomic E-state index is 11.4. The molecule has 0 atom stereocenters. The molecule has 19 heavy (non-hydrogen) atoms. The van der Waals surface area contributed by atoms with E-state index in [-0.39, 0.29) is 11.8 Å². The van der Waals surface area contributed by atoms with Gasteiger partial charge in [-0.1, -0.05) is 0 Å². The number of ketones is 1. The van der Waals surface area contributed by atoms with Gasteiger partial charge in [-0.05, 0) is 53.6 Å². The van der Waals surface area contributed by atoms with Crippen molar-refractivity contribution < 1.29 is 14.3 Å². The first-order chi connectivity index (χ1) is 9.10. The summed E-state index contributed by atoms with van der Waals surface area (Å²) in [6, 6.07) is 5.30.